The van der Waals surface area contributed by atoms with Crippen molar-refractivity contribution in [1.82, 2.24) is 15.8 Å². The number of aryl methyl sites for hydroxylation is 2. The van der Waals surface area contributed by atoms with Crippen LogP contribution in [0.3, 0.4) is 0 Å². The number of ether oxygens (including phenoxy) is 2. The Morgan fingerprint density at radius 3 is 2.53 bits per heavy atom. The Bertz CT molecular complexity index is 960. The fraction of sp³-hybridized carbons (Fsp3) is 0.333. The fourth-order valence-corrected chi connectivity index (χ4v) is 3.18. The van der Waals surface area contributed by atoms with Crippen LogP contribution in [0.1, 0.15) is 35.5 Å². The molecular weight excluding hydrogens is 390 g/mol. The number of rotatable bonds is 7. The van der Waals surface area contributed by atoms with E-state index < -0.39 is 24.0 Å². The standard InChI is InChI=1S/C21H23N3O6/c1-4-28-20(26)18-16(11-29-17(25)10-15-12(2)24-30-13(15)3)22-21(27)23-19(18)14-8-6-5-7-9-14/h5-9,19H,4,10-11H2,1-3H3,(H2,22,23,27)/t19-/m0/s1. The molecule has 9 heteroatoms. The van der Waals surface area contributed by atoms with Crippen molar-refractivity contribution in [3.63, 3.8) is 0 Å². The lowest BCUT2D eigenvalue weighted by atomic mass is 9.95. The summed E-state index contributed by atoms with van der Waals surface area (Å²) in [6, 6.07) is 7.78. The van der Waals surface area contributed by atoms with Crippen molar-refractivity contribution < 1.29 is 28.4 Å². The van der Waals surface area contributed by atoms with Gasteiger partial charge in [-0.1, -0.05) is 35.5 Å². The van der Waals surface area contributed by atoms with Crippen molar-refractivity contribution in [2.45, 2.75) is 33.2 Å². The molecule has 0 saturated heterocycles. The number of hydrogen-bond acceptors (Lipinski definition) is 7. The van der Waals surface area contributed by atoms with Gasteiger partial charge in [0.1, 0.15) is 12.4 Å². The summed E-state index contributed by atoms with van der Waals surface area (Å²) in [5.74, 6) is -0.602. The summed E-state index contributed by atoms with van der Waals surface area (Å²) < 4.78 is 15.6. The van der Waals surface area contributed by atoms with Gasteiger partial charge in [0.25, 0.3) is 0 Å². The van der Waals surface area contributed by atoms with Crippen LogP contribution in [0.15, 0.2) is 46.1 Å². The molecule has 0 fully saturated rings. The topological polar surface area (TPSA) is 120 Å². The van der Waals surface area contributed by atoms with Gasteiger partial charge in [0.15, 0.2) is 0 Å². The number of carbonyl (C=O) groups is 3. The lowest BCUT2D eigenvalue weighted by Gasteiger charge is -2.29. The molecule has 1 aliphatic rings. The first-order valence-corrected chi connectivity index (χ1v) is 9.50. The molecular formula is C21H23N3O6. The second-order valence-electron chi connectivity index (χ2n) is 6.70. The van der Waals surface area contributed by atoms with Crippen LogP contribution in [-0.4, -0.2) is 36.3 Å². The van der Waals surface area contributed by atoms with Crippen LogP contribution in [0.5, 0.6) is 0 Å². The summed E-state index contributed by atoms with van der Waals surface area (Å²) in [5.41, 5.74) is 2.33. The molecule has 1 atom stereocenters. The van der Waals surface area contributed by atoms with Gasteiger partial charge < -0.3 is 24.6 Å². The molecule has 9 nitrogen and oxygen atoms in total. The van der Waals surface area contributed by atoms with Gasteiger partial charge in [0.2, 0.25) is 0 Å². The van der Waals surface area contributed by atoms with E-state index in [0.717, 1.165) is 0 Å². The van der Waals surface area contributed by atoms with Crippen LogP contribution in [0, 0.1) is 13.8 Å². The minimum absolute atomic E-state index is 0.0303. The van der Waals surface area contributed by atoms with E-state index in [4.69, 9.17) is 14.0 Å². The molecule has 1 aromatic carbocycles. The SMILES string of the molecule is CCOC(=O)C1=C(COC(=O)Cc2c(C)noc2C)NC(=O)N[C@H]1c1ccccc1. The highest BCUT2D eigenvalue weighted by Crippen LogP contribution is 2.28. The average Bonchev–Trinajstić information content (AvgIpc) is 3.04. The number of nitrogens with zero attached hydrogens (tertiary/aromatic N) is 1. The minimum atomic E-state index is -0.727. The second-order valence-corrected chi connectivity index (χ2v) is 6.70. The van der Waals surface area contributed by atoms with E-state index in [1.54, 1.807) is 45.0 Å². The van der Waals surface area contributed by atoms with Crippen LogP contribution < -0.4 is 10.6 Å². The number of aromatic nitrogens is 1. The van der Waals surface area contributed by atoms with Crippen LogP contribution >= 0.6 is 0 Å². The average molecular weight is 413 g/mol. The van der Waals surface area contributed by atoms with E-state index >= 15 is 0 Å². The maximum Gasteiger partial charge on any atom is 0.338 e. The first kappa shape index (κ1) is 21.1. The van der Waals surface area contributed by atoms with E-state index in [2.05, 4.69) is 15.8 Å². The van der Waals surface area contributed by atoms with E-state index in [-0.39, 0.29) is 30.9 Å². The summed E-state index contributed by atoms with van der Waals surface area (Å²) in [6.45, 7) is 5.01. The van der Waals surface area contributed by atoms with Crippen molar-refractivity contribution in [3.05, 3.63) is 64.2 Å². The largest absolute Gasteiger partial charge is 0.463 e. The predicted octanol–water partition coefficient (Wildman–Crippen LogP) is 2.25. The number of hydrogen-bond donors (Lipinski definition) is 2. The Morgan fingerprint density at radius 1 is 1.17 bits per heavy atom. The molecule has 0 spiro atoms. The Labute approximate surface area is 173 Å². The second kappa shape index (κ2) is 9.25. The number of benzene rings is 1. The molecule has 2 heterocycles. The van der Waals surface area contributed by atoms with Crippen molar-refractivity contribution in [2.75, 3.05) is 13.2 Å². The summed E-state index contributed by atoms with van der Waals surface area (Å²) in [7, 11) is 0. The molecule has 0 radical (unpaired) electrons. The van der Waals surface area contributed by atoms with Gasteiger partial charge in [-0.2, -0.15) is 0 Å². The number of carbonyl (C=O) groups excluding carboxylic acids is 3. The van der Waals surface area contributed by atoms with Gasteiger partial charge in [-0.25, -0.2) is 9.59 Å². The highest BCUT2D eigenvalue weighted by atomic mass is 16.5. The van der Waals surface area contributed by atoms with Crippen LogP contribution in [0.25, 0.3) is 0 Å². The third-order valence-electron chi connectivity index (χ3n) is 4.66. The van der Waals surface area contributed by atoms with Gasteiger partial charge in [0, 0.05) is 5.56 Å². The zero-order chi connectivity index (χ0) is 21.7. The normalized spacial score (nSPS) is 16.0. The van der Waals surface area contributed by atoms with Crippen LogP contribution in [0.2, 0.25) is 0 Å². The smallest absolute Gasteiger partial charge is 0.338 e. The lowest BCUT2D eigenvalue weighted by molar-refractivity contribution is -0.143. The first-order valence-electron chi connectivity index (χ1n) is 9.50. The molecule has 2 N–H and O–H groups in total. The van der Waals surface area contributed by atoms with Gasteiger partial charge in [-0.3, -0.25) is 4.79 Å². The van der Waals surface area contributed by atoms with Crippen LogP contribution in [-0.2, 0) is 25.5 Å². The maximum atomic E-state index is 12.7. The monoisotopic (exact) mass is 413 g/mol. The van der Waals surface area contributed by atoms with Gasteiger partial charge in [-0.05, 0) is 26.3 Å². The highest BCUT2D eigenvalue weighted by molar-refractivity contribution is 5.95. The Balaban J connectivity index is 1.84. The molecule has 0 saturated carbocycles. The number of urea groups is 1. The molecule has 30 heavy (non-hydrogen) atoms. The van der Waals surface area contributed by atoms with Gasteiger partial charge in [0.05, 0.1) is 36.0 Å². The highest BCUT2D eigenvalue weighted by Gasteiger charge is 2.34. The quantitative estimate of drug-likeness (QED) is 0.668. The molecule has 0 unspecified atom stereocenters. The molecule has 0 bridgehead atoms. The summed E-state index contributed by atoms with van der Waals surface area (Å²) >= 11 is 0. The van der Waals surface area contributed by atoms with E-state index in [9.17, 15) is 14.4 Å². The summed E-state index contributed by atoms with van der Waals surface area (Å²) in [5, 5.41) is 9.09. The third-order valence-corrected chi connectivity index (χ3v) is 4.66. The first-order chi connectivity index (χ1) is 14.4. The third kappa shape index (κ3) is 4.68. The Kier molecular flexibility index (Phi) is 6.51. The molecule has 2 amide bonds. The number of amides is 2. The molecule has 0 aliphatic carbocycles. The summed E-state index contributed by atoms with van der Waals surface area (Å²) in [6.07, 6.45) is -0.0303. The Hall–Kier alpha value is -3.62. The molecule has 158 valence electrons. The zero-order valence-corrected chi connectivity index (χ0v) is 17.0. The Morgan fingerprint density at radius 2 is 1.90 bits per heavy atom. The molecule has 3 rings (SSSR count). The van der Waals surface area contributed by atoms with Crippen molar-refractivity contribution in [1.29, 1.82) is 0 Å². The van der Waals surface area contributed by atoms with Crippen molar-refractivity contribution >= 4 is 18.0 Å². The van der Waals surface area contributed by atoms with Gasteiger partial charge >= 0.3 is 18.0 Å². The lowest BCUT2D eigenvalue weighted by Crippen LogP contribution is -2.47. The van der Waals surface area contributed by atoms with Crippen molar-refractivity contribution in [2.24, 2.45) is 0 Å². The summed E-state index contributed by atoms with van der Waals surface area (Å²) in [4.78, 5) is 37.2. The minimum Gasteiger partial charge on any atom is -0.463 e. The molecule has 1 aromatic heterocycles. The maximum absolute atomic E-state index is 12.7. The van der Waals surface area contributed by atoms with E-state index in [1.165, 1.54) is 0 Å². The number of esters is 2. The van der Waals surface area contributed by atoms with Gasteiger partial charge in [-0.15, -0.1) is 0 Å². The fourth-order valence-electron chi connectivity index (χ4n) is 3.18. The van der Waals surface area contributed by atoms with E-state index in [0.29, 0.717) is 22.6 Å². The molecule has 2 aromatic rings. The van der Waals surface area contributed by atoms with E-state index in [1.807, 2.05) is 6.07 Å². The van der Waals surface area contributed by atoms with Crippen LogP contribution in [0.4, 0.5) is 4.79 Å². The predicted molar refractivity (Wildman–Crippen MR) is 105 cm³/mol. The van der Waals surface area contributed by atoms with Crippen molar-refractivity contribution in [3.8, 4) is 0 Å². The zero-order valence-electron chi connectivity index (χ0n) is 17.0. The molecule has 1 aliphatic heterocycles. The number of nitrogens with one attached hydrogen (secondary N) is 2.